The predicted octanol–water partition coefficient (Wildman–Crippen LogP) is 1.65. The number of hydrogen-bond donors (Lipinski definition) is 1. The van der Waals surface area contributed by atoms with Crippen LogP contribution in [0.4, 0.5) is 4.79 Å². The molecular formula is C10H9NO3. The van der Waals surface area contributed by atoms with Crippen molar-refractivity contribution in [1.82, 2.24) is 5.32 Å². The number of para-hydroxylation sites is 1. The fourth-order valence-corrected chi connectivity index (χ4v) is 1.05. The lowest BCUT2D eigenvalue weighted by atomic mass is 10.3. The second-order valence-electron chi connectivity index (χ2n) is 2.76. The zero-order chi connectivity index (χ0) is 9.80. The lowest BCUT2D eigenvalue weighted by molar-refractivity contribution is 0.193. The van der Waals surface area contributed by atoms with Gasteiger partial charge in [0.25, 0.3) is 0 Å². The molecule has 2 rings (SSSR count). The first-order valence-corrected chi connectivity index (χ1v) is 4.21. The van der Waals surface area contributed by atoms with Crippen molar-refractivity contribution in [3.63, 3.8) is 0 Å². The van der Waals surface area contributed by atoms with Crippen LogP contribution in [0, 0.1) is 0 Å². The third-order valence-corrected chi connectivity index (χ3v) is 1.70. The Balaban J connectivity index is 1.97. The number of alkyl carbamates (subject to hydrolysis) is 1. The minimum absolute atomic E-state index is 0.381. The normalized spacial score (nSPS) is 17.7. The van der Waals surface area contributed by atoms with E-state index in [9.17, 15) is 4.79 Å². The van der Waals surface area contributed by atoms with Gasteiger partial charge in [-0.1, -0.05) is 18.2 Å². The van der Waals surface area contributed by atoms with Crippen molar-refractivity contribution in [1.29, 1.82) is 0 Å². The zero-order valence-electron chi connectivity index (χ0n) is 7.40. The number of nitrogens with one attached hydrogen (secondary N) is 1. The number of ether oxygens (including phenoxy) is 2. The number of rotatable bonds is 2. The van der Waals surface area contributed by atoms with Gasteiger partial charge in [-0.2, -0.15) is 0 Å². The minimum atomic E-state index is -0.437. The minimum Gasteiger partial charge on any atom is -0.461 e. The van der Waals surface area contributed by atoms with Gasteiger partial charge in [0.15, 0.2) is 5.76 Å². The summed E-state index contributed by atoms with van der Waals surface area (Å²) >= 11 is 0. The smallest absolute Gasteiger partial charge is 0.412 e. The molecule has 1 aromatic rings. The Morgan fingerprint density at radius 2 is 2.14 bits per heavy atom. The van der Waals surface area contributed by atoms with Gasteiger partial charge in [-0.3, -0.25) is 0 Å². The van der Waals surface area contributed by atoms with Gasteiger partial charge in [0.2, 0.25) is 0 Å². The molecule has 0 aromatic heterocycles. The first kappa shape index (κ1) is 8.62. The Morgan fingerprint density at radius 1 is 1.36 bits per heavy atom. The lowest BCUT2D eigenvalue weighted by Crippen LogP contribution is -2.11. The molecule has 4 heteroatoms. The summed E-state index contributed by atoms with van der Waals surface area (Å²) in [7, 11) is 0. The fourth-order valence-electron chi connectivity index (χ4n) is 1.05. The molecule has 0 atom stereocenters. The van der Waals surface area contributed by atoms with E-state index in [1.165, 1.54) is 6.26 Å². The molecule has 0 unspecified atom stereocenters. The van der Waals surface area contributed by atoms with E-state index in [1.54, 1.807) is 0 Å². The molecule has 0 saturated carbocycles. The Bertz CT molecular complexity index is 359. The van der Waals surface area contributed by atoms with Gasteiger partial charge in [-0.25, -0.2) is 4.79 Å². The molecule has 0 radical (unpaired) electrons. The number of amides is 1. The van der Waals surface area contributed by atoms with Crippen LogP contribution < -0.4 is 10.1 Å². The van der Waals surface area contributed by atoms with Crippen LogP contribution in [0.25, 0.3) is 0 Å². The highest BCUT2D eigenvalue weighted by molar-refractivity contribution is 5.71. The van der Waals surface area contributed by atoms with Crippen LogP contribution in [0.3, 0.4) is 0 Å². The van der Waals surface area contributed by atoms with E-state index in [-0.39, 0.29) is 0 Å². The highest BCUT2D eigenvalue weighted by Crippen LogP contribution is 2.11. The van der Waals surface area contributed by atoms with Crippen LogP contribution in [-0.2, 0) is 4.74 Å². The summed E-state index contributed by atoms with van der Waals surface area (Å²) in [6.07, 6.45) is 0.987. The quantitative estimate of drug-likeness (QED) is 0.723. The molecule has 0 spiro atoms. The maximum Gasteiger partial charge on any atom is 0.412 e. The molecule has 0 aliphatic carbocycles. The van der Waals surface area contributed by atoms with E-state index in [0.717, 1.165) is 0 Å². The third kappa shape index (κ3) is 2.04. The molecular weight excluding hydrogens is 182 g/mol. The van der Waals surface area contributed by atoms with Crippen molar-refractivity contribution >= 4 is 6.09 Å². The Labute approximate surface area is 81.1 Å². The van der Waals surface area contributed by atoms with Crippen molar-refractivity contribution in [2.45, 2.75) is 0 Å². The summed E-state index contributed by atoms with van der Waals surface area (Å²) in [6, 6.07) is 9.28. The summed E-state index contributed by atoms with van der Waals surface area (Å²) in [5, 5.41) is 2.50. The summed E-state index contributed by atoms with van der Waals surface area (Å²) in [5.74, 6) is 1.20. The number of hydrogen-bond acceptors (Lipinski definition) is 3. The van der Waals surface area contributed by atoms with Crippen molar-refractivity contribution in [3.8, 4) is 5.75 Å². The molecule has 1 fully saturated rings. The summed E-state index contributed by atoms with van der Waals surface area (Å²) in [6.45, 7) is 0.381. The topological polar surface area (TPSA) is 47.6 Å². The van der Waals surface area contributed by atoms with Crippen LogP contribution in [0.15, 0.2) is 42.4 Å². The average Bonchev–Trinajstić information content (AvgIpc) is 2.63. The molecule has 1 saturated heterocycles. The molecule has 1 aromatic carbocycles. The van der Waals surface area contributed by atoms with Crippen molar-refractivity contribution in [2.24, 2.45) is 0 Å². The first-order valence-electron chi connectivity index (χ1n) is 4.21. The molecule has 1 amide bonds. The second-order valence-corrected chi connectivity index (χ2v) is 2.76. The standard InChI is InChI=1S/C10H9NO3/c12-10-11-6-9(14-10)7-13-8-4-2-1-3-5-8/h1-5,7H,6H2,(H,11,12). The lowest BCUT2D eigenvalue weighted by Gasteiger charge is -1.99. The Morgan fingerprint density at radius 3 is 2.79 bits per heavy atom. The van der Waals surface area contributed by atoms with Crippen LogP contribution >= 0.6 is 0 Å². The van der Waals surface area contributed by atoms with Crippen molar-refractivity contribution in [3.05, 3.63) is 42.4 Å². The maximum atomic E-state index is 10.6. The van der Waals surface area contributed by atoms with Gasteiger partial charge < -0.3 is 14.8 Å². The summed E-state index contributed by atoms with van der Waals surface area (Å²) in [5.41, 5.74) is 0. The number of cyclic esters (lactones) is 1. The van der Waals surface area contributed by atoms with Gasteiger partial charge in [0.05, 0.1) is 6.54 Å². The van der Waals surface area contributed by atoms with Crippen LogP contribution in [0.1, 0.15) is 0 Å². The van der Waals surface area contributed by atoms with Crippen molar-refractivity contribution in [2.75, 3.05) is 6.54 Å². The van der Waals surface area contributed by atoms with Gasteiger partial charge in [-0.15, -0.1) is 0 Å². The number of carbonyl (C=O) groups is 1. The maximum absolute atomic E-state index is 10.6. The van der Waals surface area contributed by atoms with E-state index >= 15 is 0 Å². The summed E-state index contributed by atoms with van der Waals surface area (Å²) < 4.78 is 10.0. The largest absolute Gasteiger partial charge is 0.461 e. The molecule has 4 nitrogen and oxygen atoms in total. The Kier molecular flexibility index (Phi) is 2.36. The molecule has 0 bridgehead atoms. The van der Waals surface area contributed by atoms with Gasteiger partial charge in [0, 0.05) is 0 Å². The van der Waals surface area contributed by atoms with E-state index in [4.69, 9.17) is 9.47 Å². The highest BCUT2D eigenvalue weighted by Gasteiger charge is 2.15. The first-order chi connectivity index (χ1) is 6.84. The van der Waals surface area contributed by atoms with E-state index in [2.05, 4.69) is 5.32 Å². The van der Waals surface area contributed by atoms with Gasteiger partial charge in [0.1, 0.15) is 12.0 Å². The van der Waals surface area contributed by atoms with E-state index < -0.39 is 6.09 Å². The fraction of sp³-hybridized carbons (Fsp3) is 0.100. The van der Waals surface area contributed by atoms with Gasteiger partial charge in [-0.05, 0) is 12.1 Å². The SMILES string of the molecule is O=C1NCC(=COc2ccccc2)O1. The monoisotopic (exact) mass is 191 g/mol. The van der Waals surface area contributed by atoms with E-state index in [1.807, 2.05) is 30.3 Å². The average molecular weight is 191 g/mol. The zero-order valence-corrected chi connectivity index (χ0v) is 7.40. The van der Waals surface area contributed by atoms with Crippen LogP contribution in [-0.4, -0.2) is 12.6 Å². The second kappa shape index (κ2) is 3.83. The summed E-state index contributed by atoms with van der Waals surface area (Å²) in [4.78, 5) is 10.6. The van der Waals surface area contributed by atoms with Crippen LogP contribution in [0.2, 0.25) is 0 Å². The van der Waals surface area contributed by atoms with Gasteiger partial charge >= 0.3 is 6.09 Å². The van der Waals surface area contributed by atoms with Crippen molar-refractivity contribution < 1.29 is 14.3 Å². The molecule has 1 heterocycles. The molecule has 14 heavy (non-hydrogen) atoms. The van der Waals surface area contributed by atoms with E-state index in [0.29, 0.717) is 18.1 Å². The molecule has 72 valence electrons. The highest BCUT2D eigenvalue weighted by atomic mass is 16.6. The van der Waals surface area contributed by atoms with Crippen LogP contribution in [0.5, 0.6) is 5.75 Å². The predicted molar refractivity (Wildman–Crippen MR) is 49.6 cm³/mol. The number of carbonyl (C=O) groups excluding carboxylic acids is 1. The Hall–Kier alpha value is -1.97. The number of benzene rings is 1. The molecule has 1 N–H and O–H groups in total. The molecule has 1 aliphatic heterocycles. The molecule has 1 aliphatic rings. The third-order valence-electron chi connectivity index (χ3n) is 1.70.